The summed E-state index contributed by atoms with van der Waals surface area (Å²) in [7, 11) is 0. The van der Waals surface area contributed by atoms with E-state index in [0.717, 1.165) is 30.2 Å². The van der Waals surface area contributed by atoms with Crippen molar-refractivity contribution in [2.45, 2.75) is 31.3 Å². The first-order chi connectivity index (χ1) is 9.24. The molecule has 19 heavy (non-hydrogen) atoms. The van der Waals surface area contributed by atoms with E-state index in [2.05, 4.69) is 10.3 Å². The van der Waals surface area contributed by atoms with E-state index in [0.29, 0.717) is 5.56 Å². The Bertz CT molecular complexity index is 611. The molecule has 98 valence electrons. The van der Waals surface area contributed by atoms with Gasteiger partial charge < -0.3 is 11.1 Å². The summed E-state index contributed by atoms with van der Waals surface area (Å²) < 4.78 is 0. The predicted octanol–water partition coefficient (Wildman–Crippen LogP) is 1.84. The minimum atomic E-state index is -0.0481. The van der Waals surface area contributed by atoms with Gasteiger partial charge in [-0.05, 0) is 43.5 Å². The summed E-state index contributed by atoms with van der Waals surface area (Å²) in [5.74, 6) is -0.0481. The van der Waals surface area contributed by atoms with Crippen LogP contribution in [0.3, 0.4) is 0 Å². The maximum Gasteiger partial charge on any atom is 0.251 e. The van der Waals surface area contributed by atoms with Crippen molar-refractivity contribution in [2.24, 2.45) is 5.73 Å². The molecule has 0 aliphatic heterocycles. The molecule has 0 saturated heterocycles. The van der Waals surface area contributed by atoms with Crippen LogP contribution in [0, 0.1) is 0 Å². The minimum Gasteiger partial charge on any atom is -0.348 e. The smallest absolute Gasteiger partial charge is 0.251 e. The molecule has 1 aromatic carbocycles. The van der Waals surface area contributed by atoms with Crippen molar-refractivity contribution in [3.05, 3.63) is 42.1 Å². The maximum atomic E-state index is 12.2. The average Bonchev–Trinajstić information content (AvgIpc) is 2.84. The lowest BCUT2D eigenvalue weighted by molar-refractivity contribution is 0.0934. The molecule has 1 aliphatic rings. The van der Waals surface area contributed by atoms with Crippen LogP contribution in [0.5, 0.6) is 0 Å². The number of nitrogens with two attached hydrogens (primary N) is 1. The third kappa shape index (κ3) is 2.44. The van der Waals surface area contributed by atoms with Gasteiger partial charge in [0.1, 0.15) is 0 Å². The molecule has 2 unspecified atom stereocenters. The number of hydrogen-bond acceptors (Lipinski definition) is 3. The van der Waals surface area contributed by atoms with E-state index < -0.39 is 0 Å². The van der Waals surface area contributed by atoms with Gasteiger partial charge in [-0.25, -0.2) is 0 Å². The first-order valence-electron chi connectivity index (χ1n) is 6.65. The largest absolute Gasteiger partial charge is 0.348 e. The first-order valence-corrected chi connectivity index (χ1v) is 6.65. The number of nitrogens with zero attached hydrogens (tertiary/aromatic N) is 1. The number of benzene rings is 1. The van der Waals surface area contributed by atoms with Crippen LogP contribution >= 0.6 is 0 Å². The van der Waals surface area contributed by atoms with E-state index in [1.54, 1.807) is 6.20 Å². The molecule has 2 atom stereocenters. The van der Waals surface area contributed by atoms with Gasteiger partial charge in [-0.3, -0.25) is 9.78 Å². The Morgan fingerprint density at radius 3 is 3.00 bits per heavy atom. The summed E-state index contributed by atoms with van der Waals surface area (Å²) in [6.07, 6.45) is 4.81. The second-order valence-electron chi connectivity index (χ2n) is 5.09. The molecular formula is C15H17N3O. The van der Waals surface area contributed by atoms with Gasteiger partial charge in [0, 0.05) is 29.2 Å². The average molecular weight is 255 g/mol. The minimum absolute atomic E-state index is 0.0481. The lowest BCUT2D eigenvalue weighted by atomic mass is 10.1. The molecule has 4 nitrogen and oxygen atoms in total. The quantitative estimate of drug-likeness (QED) is 0.860. The molecule has 1 saturated carbocycles. The normalized spacial score (nSPS) is 22.6. The monoisotopic (exact) mass is 255 g/mol. The molecule has 3 rings (SSSR count). The van der Waals surface area contributed by atoms with Gasteiger partial charge in [0.15, 0.2) is 0 Å². The zero-order valence-electron chi connectivity index (χ0n) is 10.7. The van der Waals surface area contributed by atoms with Crippen molar-refractivity contribution in [2.75, 3.05) is 0 Å². The number of carbonyl (C=O) groups is 1. The summed E-state index contributed by atoms with van der Waals surface area (Å²) in [6, 6.07) is 9.59. The van der Waals surface area contributed by atoms with E-state index in [9.17, 15) is 4.79 Å². The number of nitrogens with one attached hydrogen (secondary N) is 1. The van der Waals surface area contributed by atoms with Crippen LogP contribution in [0.25, 0.3) is 10.9 Å². The molecule has 1 heterocycles. The van der Waals surface area contributed by atoms with Gasteiger partial charge in [-0.15, -0.1) is 0 Å². The highest BCUT2D eigenvalue weighted by atomic mass is 16.1. The highest BCUT2D eigenvalue weighted by Crippen LogP contribution is 2.18. The summed E-state index contributed by atoms with van der Waals surface area (Å²) in [5, 5.41) is 4.00. The molecule has 1 aliphatic carbocycles. The number of aromatic nitrogens is 1. The molecular weight excluding hydrogens is 238 g/mol. The van der Waals surface area contributed by atoms with Crippen molar-refractivity contribution < 1.29 is 4.79 Å². The molecule has 2 aromatic rings. The number of carbonyl (C=O) groups excluding carboxylic acids is 1. The second kappa shape index (κ2) is 4.97. The van der Waals surface area contributed by atoms with Crippen LogP contribution < -0.4 is 11.1 Å². The third-order valence-corrected chi connectivity index (χ3v) is 3.75. The van der Waals surface area contributed by atoms with E-state index in [-0.39, 0.29) is 18.0 Å². The van der Waals surface area contributed by atoms with Crippen molar-refractivity contribution in [3.8, 4) is 0 Å². The summed E-state index contributed by atoms with van der Waals surface area (Å²) >= 11 is 0. The summed E-state index contributed by atoms with van der Waals surface area (Å²) in [5.41, 5.74) is 7.54. The zero-order chi connectivity index (χ0) is 13.2. The fourth-order valence-corrected chi connectivity index (χ4v) is 2.64. The van der Waals surface area contributed by atoms with E-state index in [1.165, 1.54) is 0 Å². The SMILES string of the molecule is NC1CCCC1NC(=O)c1ccc2ncccc2c1. The van der Waals surface area contributed by atoms with Crippen LogP contribution in [0.15, 0.2) is 36.5 Å². The topological polar surface area (TPSA) is 68.0 Å². The molecule has 0 spiro atoms. The molecule has 1 fully saturated rings. The Kier molecular flexibility index (Phi) is 3.17. The second-order valence-corrected chi connectivity index (χ2v) is 5.09. The van der Waals surface area contributed by atoms with Gasteiger partial charge in [-0.2, -0.15) is 0 Å². The van der Waals surface area contributed by atoms with E-state index in [1.807, 2.05) is 30.3 Å². The molecule has 3 N–H and O–H groups in total. The summed E-state index contributed by atoms with van der Waals surface area (Å²) in [4.78, 5) is 16.4. The molecule has 0 radical (unpaired) electrons. The van der Waals surface area contributed by atoms with Crippen LogP contribution in [0.1, 0.15) is 29.6 Å². The van der Waals surface area contributed by atoms with Crippen molar-refractivity contribution in [1.29, 1.82) is 0 Å². The highest BCUT2D eigenvalue weighted by Gasteiger charge is 2.25. The number of hydrogen-bond donors (Lipinski definition) is 2. The predicted molar refractivity (Wildman–Crippen MR) is 74.8 cm³/mol. The van der Waals surface area contributed by atoms with Crippen molar-refractivity contribution in [3.63, 3.8) is 0 Å². The Hall–Kier alpha value is -1.94. The molecule has 4 heteroatoms. The van der Waals surface area contributed by atoms with Gasteiger partial charge in [-0.1, -0.05) is 6.07 Å². The lowest BCUT2D eigenvalue weighted by Gasteiger charge is -2.17. The molecule has 1 amide bonds. The van der Waals surface area contributed by atoms with Crippen molar-refractivity contribution >= 4 is 16.8 Å². The summed E-state index contributed by atoms with van der Waals surface area (Å²) in [6.45, 7) is 0. The zero-order valence-corrected chi connectivity index (χ0v) is 10.7. The van der Waals surface area contributed by atoms with Gasteiger partial charge >= 0.3 is 0 Å². The van der Waals surface area contributed by atoms with Crippen molar-refractivity contribution in [1.82, 2.24) is 10.3 Å². The molecule has 1 aromatic heterocycles. The number of rotatable bonds is 2. The fourth-order valence-electron chi connectivity index (χ4n) is 2.64. The number of fused-ring (bicyclic) bond motifs is 1. The fraction of sp³-hybridized carbons (Fsp3) is 0.333. The van der Waals surface area contributed by atoms with Crippen LogP contribution in [0.4, 0.5) is 0 Å². The van der Waals surface area contributed by atoms with Gasteiger partial charge in [0.2, 0.25) is 0 Å². The van der Waals surface area contributed by atoms with Crippen LogP contribution in [-0.2, 0) is 0 Å². The van der Waals surface area contributed by atoms with Crippen LogP contribution in [-0.4, -0.2) is 23.0 Å². The lowest BCUT2D eigenvalue weighted by Crippen LogP contribution is -2.43. The Morgan fingerprint density at radius 1 is 1.32 bits per heavy atom. The van der Waals surface area contributed by atoms with Gasteiger partial charge in [0.25, 0.3) is 5.91 Å². The van der Waals surface area contributed by atoms with Crippen LogP contribution in [0.2, 0.25) is 0 Å². The standard InChI is InChI=1S/C15H17N3O/c16-12-4-1-5-14(12)18-15(19)11-6-7-13-10(9-11)3-2-8-17-13/h2-3,6-9,12,14H,1,4-5,16H2,(H,18,19). The Morgan fingerprint density at radius 2 is 2.21 bits per heavy atom. The Balaban J connectivity index is 1.81. The first kappa shape index (κ1) is 12.1. The Labute approximate surface area is 112 Å². The third-order valence-electron chi connectivity index (χ3n) is 3.75. The van der Waals surface area contributed by atoms with E-state index >= 15 is 0 Å². The maximum absolute atomic E-state index is 12.2. The number of pyridine rings is 1. The van der Waals surface area contributed by atoms with E-state index in [4.69, 9.17) is 5.73 Å². The highest BCUT2D eigenvalue weighted by molar-refractivity contribution is 5.98. The molecule has 0 bridgehead atoms. The number of amides is 1. The van der Waals surface area contributed by atoms with Gasteiger partial charge in [0.05, 0.1) is 5.52 Å².